The molecule has 0 radical (unpaired) electrons. The Morgan fingerprint density at radius 3 is 2.59 bits per heavy atom. The van der Waals surface area contributed by atoms with Crippen LogP contribution in [0.1, 0.15) is 47.5 Å². The number of hydrogen-bond donors (Lipinski definition) is 2. The van der Waals surface area contributed by atoms with Crippen LogP contribution in [0, 0.1) is 0 Å². The third-order valence-corrected chi connectivity index (χ3v) is 3.45. The van der Waals surface area contributed by atoms with Gasteiger partial charge in [0.25, 0.3) is 0 Å². The highest BCUT2D eigenvalue weighted by Gasteiger charge is 2.53. The van der Waals surface area contributed by atoms with Gasteiger partial charge in [-0.25, -0.2) is 4.79 Å². The number of aliphatic hydroxyl groups excluding tert-OH is 1. The van der Waals surface area contributed by atoms with E-state index in [1.165, 1.54) is 0 Å². The van der Waals surface area contributed by atoms with Crippen molar-refractivity contribution in [3.05, 3.63) is 0 Å². The van der Waals surface area contributed by atoms with Crippen molar-refractivity contribution in [1.82, 2.24) is 5.32 Å². The van der Waals surface area contributed by atoms with Gasteiger partial charge < -0.3 is 29.4 Å². The van der Waals surface area contributed by atoms with Crippen LogP contribution in [-0.4, -0.2) is 53.7 Å². The summed E-state index contributed by atoms with van der Waals surface area (Å²) >= 11 is 0. The van der Waals surface area contributed by atoms with E-state index >= 15 is 0 Å². The third kappa shape index (κ3) is 4.55. The summed E-state index contributed by atoms with van der Waals surface area (Å²) < 4.78 is 22.0. The predicted octanol–water partition coefficient (Wildman–Crippen LogP) is 1.53. The third-order valence-electron chi connectivity index (χ3n) is 3.45. The van der Waals surface area contributed by atoms with E-state index in [9.17, 15) is 9.90 Å². The molecule has 2 fully saturated rings. The molecule has 0 aromatic heterocycles. The van der Waals surface area contributed by atoms with Gasteiger partial charge in [-0.2, -0.15) is 0 Å². The number of alkyl carbamates (subject to hydrolysis) is 1. The van der Waals surface area contributed by atoms with Gasteiger partial charge in [-0.3, -0.25) is 0 Å². The molecular formula is C15H27NO6. The van der Waals surface area contributed by atoms with Crippen molar-refractivity contribution in [2.45, 2.75) is 83.5 Å². The fraction of sp³-hybridized carbons (Fsp3) is 0.933. The molecule has 0 aromatic rings. The second-order valence-electron chi connectivity index (χ2n) is 7.20. The first kappa shape index (κ1) is 17.5. The van der Waals surface area contributed by atoms with Crippen LogP contribution in [0.3, 0.4) is 0 Å². The molecule has 2 rings (SSSR count). The number of fused-ring (bicyclic) bond motifs is 1. The van der Waals surface area contributed by atoms with Gasteiger partial charge in [-0.1, -0.05) is 0 Å². The summed E-state index contributed by atoms with van der Waals surface area (Å²) in [6.45, 7) is 9.49. The summed E-state index contributed by atoms with van der Waals surface area (Å²) in [7, 11) is 0. The summed E-state index contributed by atoms with van der Waals surface area (Å²) in [5, 5.41) is 12.9. The minimum Gasteiger partial charge on any atom is -0.444 e. The first-order valence-corrected chi connectivity index (χ1v) is 7.73. The average Bonchev–Trinajstić information content (AvgIpc) is 2.77. The van der Waals surface area contributed by atoms with Gasteiger partial charge in [0.1, 0.15) is 17.8 Å². The number of carbonyl (C=O) groups excluding carboxylic acids is 1. The van der Waals surface area contributed by atoms with Crippen LogP contribution in [0.2, 0.25) is 0 Å². The van der Waals surface area contributed by atoms with Gasteiger partial charge in [0.15, 0.2) is 12.1 Å². The molecule has 2 aliphatic heterocycles. The Balaban J connectivity index is 1.66. The molecule has 0 aromatic carbocycles. The Kier molecular flexibility index (Phi) is 5.01. The van der Waals surface area contributed by atoms with Gasteiger partial charge in [0, 0.05) is 6.54 Å². The monoisotopic (exact) mass is 317 g/mol. The average molecular weight is 317 g/mol. The maximum absolute atomic E-state index is 11.5. The first-order chi connectivity index (χ1) is 10.1. The summed E-state index contributed by atoms with van der Waals surface area (Å²) in [4.78, 5) is 11.5. The molecule has 2 N–H and O–H groups in total. The number of hydrogen-bond acceptors (Lipinski definition) is 6. The van der Waals surface area contributed by atoms with Crippen LogP contribution in [0.25, 0.3) is 0 Å². The zero-order valence-corrected chi connectivity index (χ0v) is 13.9. The largest absolute Gasteiger partial charge is 0.444 e. The van der Waals surface area contributed by atoms with E-state index in [1.807, 2.05) is 20.8 Å². The van der Waals surface area contributed by atoms with Crippen LogP contribution < -0.4 is 5.32 Å². The fourth-order valence-electron chi connectivity index (χ4n) is 2.60. The van der Waals surface area contributed by atoms with Gasteiger partial charge in [0.2, 0.25) is 0 Å². The highest BCUT2D eigenvalue weighted by Crippen LogP contribution is 2.38. The minimum atomic E-state index is -0.723. The van der Waals surface area contributed by atoms with Crippen molar-refractivity contribution in [2.24, 2.45) is 0 Å². The Bertz CT molecular complexity index is 405. The molecular weight excluding hydrogens is 290 g/mol. The molecule has 2 aliphatic rings. The Morgan fingerprint density at radius 2 is 2.00 bits per heavy atom. The molecule has 2 saturated heterocycles. The van der Waals surface area contributed by atoms with Crippen LogP contribution in [0.4, 0.5) is 4.79 Å². The zero-order valence-electron chi connectivity index (χ0n) is 13.9. The summed E-state index contributed by atoms with van der Waals surface area (Å²) in [5.41, 5.74) is -0.506. The smallest absolute Gasteiger partial charge is 0.407 e. The minimum absolute atomic E-state index is 0.341. The molecule has 0 spiro atoms. The molecule has 7 nitrogen and oxygen atoms in total. The molecule has 0 bridgehead atoms. The van der Waals surface area contributed by atoms with Crippen molar-refractivity contribution in [1.29, 1.82) is 0 Å². The number of aliphatic hydroxyl groups is 1. The zero-order chi connectivity index (χ0) is 16.5. The second kappa shape index (κ2) is 6.31. The van der Waals surface area contributed by atoms with Crippen LogP contribution in [0.5, 0.6) is 0 Å². The van der Waals surface area contributed by atoms with Crippen LogP contribution in [0.15, 0.2) is 0 Å². The normalized spacial score (nSPS) is 33.5. The highest BCUT2D eigenvalue weighted by molar-refractivity contribution is 5.67. The van der Waals surface area contributed by atoms with Crippen molar-refractivity contribution < 1.29 is 28.8 Å². The molecule has 1 amide bonds. The van der Waals surface area contributed by atoms with E-state index in [2.05, 4.69) is 5.32 Å². The molecule has 0 saturated carbocycles. The highest BCUT2D eigenvalue weighted by atomic mass is 16.8. The van der Waals surface area contributed by atoms with Gasteiger partial charge in [-0.05, 0) is 47.5 Å². The molecule has 0 aliphatic carbocycles. The maximum Gasteiger partial charge on any atom is 0.407 e. The Labute approximate surface area is 131 Å². The van der Waals surface area contributed by atoms with Gasteiger partial charge in [0.05, 0.1) is 6.10 Å². The lowest BCUT2D eigenvalue weighted by atomic mass is 10.1. The molecule has 128 valence electrons. The number of amides is 1. The van der Waals surface area contributed by atoms with E-state index < -0.39 is 36.0 Å². The van der Waals surface area contributed by atoms with Crippen molar-refractivity contribution in [3.8, 4) is 0 Å². The van der Waals surface area contributed by atoms with E-state index in [-0.39, 0.29) is 6.10 Å². The lowest BCUT2D eigenvalue weighted by Crippen LogP contribution is -2.35. The van der Waals surface area contributed by atoms with E-state index in [0.717, 1.165) is 0 Å². The SMILES string of the molecule is CC(C)(C)OC(=O)NCCCC1O[C@@H]2OC(C)(C)O[C@@H]2[C@@H]1O. The maximum atomic E-state index is 11.5. The van der Waals surface area contributed by atoms with Crippen molar-refractivity contribution >= 4 is 6.09 Å². The number of nitrogens with one attached hydrogen (secondary N) is 1. The lowest BCUT2D eigenvalue weighted by Gasteiger charge is -2.23. The van der Waals surface area contributed by atoms with E-state index in [1.54, 1.807) is 13.8 Å². The standard InChI is InChI=1S/C15H27NO6/c1-14(2,3)22-13(18)16-8-6-7-9-10(17)11-12(19-9)21-15(4,5)20-11/h9-12,17H,6-8H2,1-5H3,(H,16,18)/t9?,10-,11-,12-/m1/s1. The lowest BCUT2D eigenvalue weighted by molar-refractivity contribution is -0.215. The quantitative estimate of drug-likeness (QED) is 0.765. The Morgan fingerprint density at radius 1 is 1.32 bits per heavy atom. The van der Waals surface area contributed by atoms with E-state index in [0.29, 0.717) is 19.4 Å². The Hall–Kier alpha value is -0.890. The molecule has 2 heterocycles. The molecule has 22 heavy (non-hydrogen) atoms. The topological polar surface area (TPSA) is 86.3 Å². The number of carbonyl (C=O) groups is 1. The predicted molar refractivity (Wildman–Crippen MR) is 78.2 cm³/mol. The van der Waals surface area contributed by atoms with Crippen molar-refractivity contribution in [3.63, 3.8) is 0 Å². The van der Waals surface area contributed by atoms with Crippen molar-refractivity contribution in [2.75, 3.05) is 6.54 Å². The summed E-state index contributed by atoms with van der Waals surface area (Å²) in [5.74, 6) is -0.723. The van der Waals surface area contributed by atoms with Crippen LogP contribution >= 0.6 is 0 Å². The number of rotatable bonds is 4. The summed E-state index contributed by atoms with van der Waals surface area (Å²) in [6.07, 6.45) is -1.18. The fourth-order valence-corrected chi connectivity index (χ4v) is 2.60. The van der Waals surface area contributed by atoms with E-state index in [4.69, 9.17) is 18.9 Å². The number of ether oxygens (including phenoxy) is 4. The first-order valence-electron chi connectivity index (χ1n) is 7.73. The van der Waals surface area contributed by atoms with Crippen LogP contribution in [-0.2, 0) is 18.9 Å². The molecule has 1 unspecified atom stereocenters. The summed E-state index contributed by atoms with van der Waals surface area (Å²) in [6, 6.07) is 0. The van der Waals surface area contributed by atoms with Gasteiger partial charge >= 0.3 is 6.09 Å². The molecule has 4 atom stereocenters. The molecule has 7 heteroatoms. The van der Waals surface area contributed by atoms with Gasteiger partial charge in [-0.15, -0.1) is 0 Å². The second-order valence-corrected chi connectivity index (χ2v) is 7.20.